The summed E-state index contributed by atoms with van der Waals surface area (Å²) in [6.45, 7) is 8.14. The number of carbonyl (C=O) groups is 2. The smallest absolute Gasteiger partial charge is 0.331 e. The zero-order valence-corrected chi connectivity index (χ0v) is 19.0. The lowest BCUT2D eigenvalue weighted by atomic mass is 9.97. The van der Waals surface area contributed by atoms with Gasteiger partial charge in [-0.25, -0.2) is 13.2 Å². The SMILES string of the molecule is CCN(CC)S(=O)(=O)c1ccc(C=CC(=O)OCC(=O)N2C(C)CCCC2C)cc1. The number of ether oxygens (including phenoxy) is 1. The Bertz CT molecular complexity index is 850. The molecule has 0 saturated carbocycles. The van der Waals surface area contributed by atoms with Crippen molar-refractivity contribution in [2.75, 3.05) is 19.7 Å². The Balaban J connectivity index is 1.93. The minimum Gasteiger partial charge on any atom is -0.452 e. The number of hydrogen-bond donors (Lipinski definition) is 0. The Kier molecular flexibility index (Phi) is 8.61. The van der Waals surface area contributed by atoms with Gasteiger partial charge >= 0.3 is 5.97 Å². The van der Waals surface area contributed by atoms with Gasteiger partial charge in [0.25, 0.3) is 5.91 Å². The van der Waals surface area contributed by atoms with Crippen molar-refractivity contribution in [2.24, 2.45) is 0 Å². The molecule has 2 atom stereocenters. The molecule has 1 fully saturated rings. The predicted molar refractivity (Wildman–Crippen MR) is 116 cm³/mol. The molecule has 1 amide bonds. The van der Waals surface area contributed by atoms with E-state index in [1.165, 1.54) is 28.6 Å². The molecule has 1 aliphatic heterocycles. The zero-order chi connectivity index (χ0) is 22.3. The van der Waals surface area contributed by atoms with Crippen LogP contribution in [0.3, 0.4) is 0 Å². The maximum atomic E-state index is 12.5. The molecule has 0 N–H and O–H groups in total. The second-order valence-corrected chi connectivity index (χ2v) is 9.47. The summed E-state index contributed by atoms with van der Waals surface area (Å²) in [4.78, 5) is 26.4. The minimum absolute atomic E-state index is 0.154. The monoisotopic (exact) mass is 436 g/mol. The quantitative estimate of drug-likeness (QED) is 0.462. The summed E-state index contributed by atoms with van der Waals surface area (Å²) in [6, 6.07) is 6.59. The van der Waals surface area contributed by atoms with Crippen molar-refractivity contribution in [1.82, 2.24) is 9.21 Å². The van der Waals surface area contributed by atoms with Gasteiger partial charge in [-0.05, 0) is 56.9 Å². The van der Waals surface area contributed by atoms with Gasteiger partial charge in [0.1, 0.15) is 0 Å². The Morgan fingerprint density at radius 1 is 1.10 bits per heavy atom. The average molecular weight is 437 g/mol. The van der Waals surface area contributed by atoms with Crippen molar-refractivity contribution in [2.45, 2.75) is 63.9 Å². The molecule has 2 unspecified atom stereocenters. The summed E-state index contributed by atoms with van der Waals surface area (Å²) < 4.78 is 31.5. The van der Waals surface area contributed by atoms with Crippen LogP contribution in [0.4, 0.5) is 0 Å². The van der Waals surface area contributed by atoms with Crippen LogP contribution in [0, 0.1) is 0 Å². The highest BCUT2D eigenvalue weighted by Gasteiger charge is 2.29. The molecule has 1 aromatic rings. The van der Waals surface area contributed by atoms with E-state index in [-0.39, 0.29) is 29.5 Å². The van der Waals surface area contributed by atoms with Gasteiger partial charge in [-0.3, -0.25) is 4.79 Å². The topological polar surface area (TPSA) is 84.0 Å². The number of sulfonamides is 1. The molecule has 0 bridgehead atoms. The third-order valence-corrected chi connectivity index (χ3v) is 7.52. The van der Waals surface area contributed by atoms with Gasteiger partial charge in [0.2, 0.25) is 10.0 Å². The van der Waals surface area contributed by atoms with Crippen molar-refractivity contribution < 1.29 is 22.7 Å². The van der Waals surface area contributed by atoms with Gasteiger partial charge in [-0.2, -0.15) is 4.31 Å². The molecular formula is C22H32N2O5S. The number of amides is 1. The van der Waals surface area contributed by atoms with Crippen LogP contribution in [-0.4, -0.2) is 61.3 Å². The van der Waals surface area contributed by atoms with Gasteiger partial charge in [0.15, 0.2) is 6.61 Å². The van der Waals surface area contributed by atoms with Crippen LogP contribution < -0.4 is 0 Å². The van der Waals surface area contributed by atoms with Crippen molar-refractivity contribution >= 4 is 28.0 Å². The summed E-state index contributed by atoms with van der Waals surface area (Å²) in [5, 5.41) is 0. The number of benzene rings is 1. The molecule has 8 heteroatoms. The number of esters is 1. The van der Waals surface area contributed by atoms with E-state index in [1.807, 2.05) is 13.8 Å². The lowest BCUT2D eigenvalue weighted by Gasteiger charge is -2.38. The molecule has 1 saturated heterocycles. The zero-order valence-electron chi connectivity index (χ0n) is 18.2. The average Bonchev–Trinajstić information content (AvgIpc) is 2.71. The summed E-state index contributed by atoms with van der Waals surface area (Å²) in [5.74, 6) is -0.789. The molecule has 0 aromatic heterocycles. The van der Waals surface area contributed by atoms with Crippen LogP contribution in [0.15, 0.2) is 35.2 Å². The van der Waals surface area contributed by atoms with Crippen molar-refractivity contribution in [1.29, 1.82) is 0 Å². The summed E-state index contributed by atoms with van der Waals surface area (Å²) in [5.41, 5.74) is 0.662. The first-order valence-corrected chi connectivity index (χ1v) is 11.9. The second kappa shape index (κ2) is 10.7. The fourth-order valence-corrected chi connectivity index (χ4v) is 5.25. The molecule has 0 radical (unpaired) electrons. The van der Waals surface area contributed by atoms with Crippen LogP contribution in [0.2, 0.25) is 0 Å². The maximum Gasteiger partial charge on any atom is 0.331 e. The number of nitrogens with zero attached hydrogens (tertiary/aromatic N) is 2. The molecular weight excluding hydrogens is 404 g/mol. The van der Waals surface area contributed by atoms with E-state index in [9.17, 15) is 18.0 Å². The number of rotatable bonds is 8. The Labute approximate surface area is 179 Å². The fraction of sp³-hybridized carbons (Fsp3) is 0.545. The van der Waals surface area contributed by atoms with E-state index < -0.39 is 16.0 Å². The van der Waals surface area contributed by atoms with Crippen LogP contribution in [-0.2, 0) is 24.3 Å². The highest BCUT2D eigenvalue weighted by atomic mass is 32.2. The third kappa shape index (κ3) is 5.92. The largest absolute Gasteiger partial charge is 0.452 e. The van der Waals surface area contributed by atoms with E-state index in [0.29, 0.717) is 18.7 Å². The Morgan fingerprint density at radius 2 is 1.67 bits per heavy atom. The van der Waals surface area contributed by atoms with Gasteiger partial charge in [-0.1, -0.05) is 26.0 Å². The van der Waals surface area contributed by atoms with E-state index in [2.05, 4.69) is 0 Å². The van der Waals surface area contributed by atoms with Crippen molar-refractivity contribution in [3.8, 4) is 0 Å². The van der Waals surface area contributed by atoms with Gasteiger partial charge in [0, 0.05) is 31.2 Å². The second-order valence-electron chi connectivity index (χ2n) is 7.53. The van der Waals surface area contributed by atoms with E-state index in [4.69, 9.17) is 4.74 Å². The van der Waals surface area contributed by atoms with Gasteiger partial charge in [-0.15, -0.1) is 0 Å². The van der Waals surface area contributed by atoms with E-state index in [1.54, 1.807) is 30.9 Å². The summed E-state index contributed by atoms with van der Waals surface area (Å²) in [7, 11) is -3.51. The lowest BCUT2D eigenvalue weighted by molar-refractivity contribution is -0.151. The molecule has 2 rings (SSSR count). The lowest BCUT2D eigenvalue weighted by Crippen LogP contribution is -2.49. The first-order valence-electron chi connectivity index (χ1n) is 10.5. The van der Waals surface area contributed by atoms with Crippen LogP contribution in [0.5, 0.6) is 0 Å². The molecule has 1 heterocycles. The molecule has 0 spiro atoms. The predicted octanol–water partition coefficient (Wildman–Crippen LogP) is 3.06. The number of likely N-dealkylation sites (tertiary alicyclic amines) is 1. The first kappa shape index (κ1) is 24.1. The normalized spacial score (nSPS) is 20.0. The molecule has 1 aromatic carbocycles. The number of hydrogen-bond acceptors (Lipinski definition) is 5. The first-order chi connectivity index (χ1) is 14.2. The van der Waals surface area contributed by atoms with E-state index in [0.717, 1.165) is 19.3 Å². The Morgan fingerprint density at radius 3 is 2.20 bits per heavy atom. The highest BCUT2D eigenvalue weighted by molar-refractivity contribution is 7.89. The molecule has 1 aliphatic rings. The fourth-order valence-electron chi connectivity index (χ4n) is 3.80. The standard InChI is InChI=1S/C22H32N2O5S/c1-5-23(6-2)30(27,28)20-13-10-19(11-14-20)12-15-22(26)29-16-21(25)24-17(3)8-7-9-18(24)4/h10-15,17-18H,5-9,16H2,1-4H3. The summed E-state index contributed by atoms with van der Waals surface area (Å²) >= 11 is 0. The molecule has 166 valence electrons. The third-order valence-electron chi connectivity index (χ3n) is 5.45. The molecule has 30 heavy (non-hydrogen) atoms. The van der Waals surface area contributed by atoms with Gasteiger partial charge < -0.3 is 9.64 Å². The van der Waals surface area contributed by atoms with Crippen LogP contribution >= 0.6 is 0 Å². The van der Waals surface area contributed by atoms with E-state index >= 15 is 0 Å². The molecule has 0 aliphatic carbocycles. The number of piperidine rings is 1. The minimum atomic E-state index is -3.51. The van der Waals surface area contributed by atoms with Gasteiger partial charge in [0.05, 0.1) is 4.90 Å². The van der Waals surface area contributed by atoms with Crippen molar-refractivity contribution in [3.63, 3.8) is 0 Å². The molecule has 7 nitrogen and oxygen atoms in total. The van der Waals surface area contributed by atoms with Crippen LogP contribution in [0.1, 0.15) is 52.5 Å². The number of carbonyl (C=O) groups excluding carboxylic acids is 2. The Hall–Kier alpha value is -2.19. The maximum absolute atomic E-state index is 12.5. The van der Waals surface area contributed by atoms with Crippen LogP contribution in [0.25, 0.3) is 6.08 Å². The highest BCUT2D eigenvalue weighted by Crippen LogP contribution is 2.22. The summed E-state index contributed by atoms with van der Waals surface area (Å²) in [6.07, 6.45) is 5.80. The van der Waals surface area contributed by atoms with Crippen molar-refractivity contribution in [3.05, 3.63) is 35.9 Å².